The van der Waals surface area contributed by atoms with Crippen molar-refractivity contribution in [3.8, 4) is 0 Å². The van der Waals surface area contributed by atoms with Gasteiger partial charge in [-0.25, -0.2) is 14.6 Å². The molecule has 0 bridgehead atoms. The Balaban J connectivity index is 1.86. The second kappa shape index (κ2) is 7.88. The second-order valence-electron chi connectivity index (χ2n) is 4.59. The summed E-state index contributed by atoms with van der Waals surface area (Å²) in [5, 5.41) is 5.21. The van der Waals surface area contributed by atoms with E-state index in [0.717, 1.165) is 0 Å². The number of nitrogens with one attached hydrogen (secondary N) is 2. The first-order chi connectivity index (χ1) is 11.1. The van der Waals surface area contributed by atoms with E-state index in [1.54, 1.807) is 37.3 Å². The van der Waals surface area contributed by atoms with Crippen LogP contribution in [0.25, 0.3) is 0 Å². The van der Waals surface area contributed by atoms with Crippen molar-refractivity contribution in [1.29, 1.82) is 0 Å². The normalized spacial score (nSPS) is 10.0. The van der Waals surface area contributed by atoms with Gasteiger partial charge < -0.3 is 15.4 Å². The number of hydrogen-bond acceptors (Lipinski definition) is 4. The molecule has 1 aromatic carbocycles. The van der Waals surface area contributed by atoms with Crippen LogP contribution in [0.3, 0.4) is 0 Å². The zero-order valence-electron chi connectivity index (χ0n) is 12.5. The van der Waals surface area contributed by atoms with Crippen LogP contribution in [0, 0.1) is 5.95 Å². The maximum atomic E-state index is 12.9. The lowest BCUT2D eigenvalue weighted by Crippen LogP contribution is -2.28. The molecule has 1 aromatic heterocycles. The summed E-state index contributed by atoms with van der Waals surface area (Å²) in [6.45, 7) is 2.20. The van der Waals surface area contributed by atoms with E-state index in [-0.39, 0.29) is 6.54 Å². The molecule has 2 aromatic rings. The number of hydrogen-bond donors (Lipinski definition) is 2. The number of urea groups is 1. The number of benzene rings is 1. The molecule has 0 atom stereocenters. The van der Waals surface area contributed by atoms with Gasteiger partial charge in [0.15, 0.2) is 0 Å². The van der Waals surface area contributed by atoms with Crippen molar-refractivity contribution in [1.82, 2.24) is 10.3 Å². The number of esters is 1. The van der Waals surface area contributed by atoms with Crippen LogP contribution in [-0.2, 0) is 11.3 Å². The van der Waals surface area contributed by atoms with Crippen LogP contribution >= 0.6 is 0 Å². The third kappa shape index (κ3) is 5.06. The zero-order chi connectivity index (χ0) is 16.7. The highest BCUT2D eigenvalue weighted by atomic mass is 19.1. The molecule has 2 amide bonds. The van der Waals surface area contributed by atoms with Gasteiger partial charge in [-0.3, -0.25) is 0 Å². The standard InChI is InChI=1S/C16H16FN3O3/c1-2-23-15(21)12-3-5-13(6-4-12)20-16(22)19-10-11-7-8-18-14(17)9-11/h3-9H,2,10H2,1H3,(H2,19,20,22). The molecule has 6 nitrogen and oxygen atoms in total. The number of halogens is 1. The van der Waals surface area contributed by atoms with Crippen LogP contribution < -0.4 is 10.6 Å². The van der Waals surface area contributed by atoms with E-state index in [4.69, 9.17) is 4.74 Å². The molecule has 0 fully saturated rings. The van der Waals surface area contributed by atoms with E-state index in [9.17, 15) is 14.0 Å². The summed E-state index contributed by atoms with van der Waals surface area (Å²) in [5.41, 5.74) is 1.53. The number of carbonyl (C=O) groups excluding carboxylic acids is 2. The molecule has 0 unspecified atom stereocenters. The quantitative estimate of drug-likeness (QED) is 0.656. The molecule has 0 spiro atoms. The highest BCUT2D eigenvalue weighted by Crippen LogP contribution is 2.10. The fraction of sp³-hybridized carbons (Fsp3) is 0.188. The number of pyridine rings is 1. The smallest absolute Gasteiger partial charge is 0.338 e. The molecule has 120 valence electrons. The number of anilines is 1. The van der Waals surface area contributed by atoms with Crippen molar-refractivity contribution in [3.63, 3.8) is 0 Å². The molecule has 0 saturated carbocycles. The first-order valence-corrected chi connectivity index (χ1v) is 7.01. The minimum Gasteiger partial charge on any atom is -0.462 e. The van der Waals surface area contributed by atoms with Gasteiger partial charge in [0.2, 0.25) is 5.95 Å². The van der Waals surface area contributed by atoms with Gasteiger partial charge in [-0.1, -0.05) is 0 Å². The average Bonchev–Trinajstić information content (AvgIpc) is 2.54. The van der Waals surface area contributed by atoms with Crippen molar-refractivity contribution in [2.24, 2.45) is 0 Å². The Labute approximate surface area is 132 Å². The first kappa shape index (κ1) is 16.4. The summed E-state index contributed by atoms with van der Waals surface area (Å²) in [4.78, 5) is 26.7. The molecule has 7 heteroatoms. The minimum absolute atomic E-state index is 0.173. The maximum absolute atomic E-state index is 12.9. The van der Waals surface area contributed by atoms with Crippen LogP contribution in [0.4, 0.5) is 14.9 Å². The first-order valence-electron chi connectivity index (χ1n) is 7.01. The van der Waals surface area contributed by atoms with Gasteiger partial charge in [0.25, 0.3) is 0 Å². The highest BCUT2D eigenvalue weighted by Gasteiger charge is 2.07. The lowest BCUT2D eigenvalue weighted by Gasteiger charge is -2.08. The third-order valence-electron chi connectivity index (χ3n) is 2.90. The minimum atomic E-state index is -0.598. The Hall–Kier alpha value is -2.96. The van der Waals surface area contributed by atoms with Gasteiger partial charge in [0, 0.05) is 18.4 Å². The van der Waals surface area contributed by atoms with Crippen molar-refractivity contribution < 1.29 is 18.7 Å². The Morgan fingerprint density at radius 1 is 1.22 bits per heavy atom. The molecule has 0 saturated heterocycles. The second-order valence-corrected chi connectivity index (χ2v) is 4.59. The highest BCUT2D eigenvalue weighted by molar-refractivity contribution is 5.92. The van der Waals surface area contributed by atoms with Gasteiger partial charge in [-0.05, 0) is 48.9 Å². The molecule has 0 aliphatic carbocycles. The lowest BCUT2D eigenvalue weighted by molar-refractivity contribution is 0.0526. The van der Waals surface area contributed by atoms with Crippen molar-refractivity contribution >= 4 is 17.7 Å². The van der Waals surface area contributed by atoms with Crippen LogP contribution in [0.5, 0.6) is 0 Å². The molecule has 0 aliphatic heterocycles. The summed E-state index contributed by atoms with van der Waals surface area (Å²) in [6.07, 6.45) is 1.33. The number of nitrogens with zero attached hydrogens (tertiary/aromatic N) is 1. The van der Waals surface area contributed by atoms with E-state index < -0.39 is 17.9 Å². The van der Waals surface area contributed by atoms with Crippen molar-refractivity contribution in [2.75, 3.05) is 11.9 Å². The summed E-state index contributed by atoms with van der Waals surface area (Å²) < 4.78 is 17.8. The van der Waals surface area contributed by atoms with Crippen LogP contribution in [0.15, 0.2) is 42.6 Å². The Morgan fingerprint density at radius 3 is 2.61 bits per heavy atom. The summed E-state index contributed by atoms with van der Waals surface area (Å²) in [7, 11) is 0. The zero-order valence-corrected chi connectivity index (χ0v) is 12.5. The van der Waals surface area contributed by atoms with E-state index in [0.29, 0.717) is 23.4 Å². The predicted molar refractivity (Wildman–Crippen MR) is 82.5 cm³/mol. The Kier molecular flexibility index (Phi) is 5.62. The van der Waals surface area contributed by atoms with Crippen molar-refractivity contribution in [2.45, 2.75) is 13.5 Å². The van der Waals surface area contributed by atoms with Crippen LogP contribution in [0.1, 0.15) is 22.8 Å². The Morgan fingerprint density at radius 2 is 1.96 bits per heavy atom. The van der Waals surface area contributed by atoms with Gasteiger partial charge in [0.1, 0.15) is 0 Å². The fourth-order valence-corrected chi connectivity index (χ4v) is 1.81. The van der Waals surface area contributed by atoms with Gasteiger partial charge in [-0.2, -0.15) is 4.39 Å². The molecule has 0 aliphatic rings. The molecule has 2 N–H and O–H groups in total. The average molecular weight is 317 g/mol. The molecule has 23 heavy (non-hydrogen) atoms. The molecular formula is C16H16FN3O3. The lowest BCUT2D eigenvalue weighted by atomic mass is 10.2. The van der Waals surface area contributed by atoms with E-state index in [1.165, 1.54) is 12.3 Å². The summed E-state index contributed by atoms with van der Waals surface area (Å²) in [5.74, 6) is -1.01. The Bertz CT molecular complexity index is 689. The maximum Gasteiger partial charge on any atom is 0.338 e. The van der Waals surface area contributed by atoms with E-state index >= 15 is 0 Å². The molecule has 2 rings (SSSR count). The van der Waals surface area contributed by atoms with E-state index in [2.05, 4.69) is 15.6 Å². The summed E-state index contributed by atoms with van der Waals surface area (Å²) in [6, 6.07) is 8.73. The monoisotopic (exact) mass is 317 g/mol. The van der Waals surface area contributed by atoms with Gasteiger partial charge in [0.05, 0.1) is 12.2 Å². The van der Waals surface area contributed by atoms with Crippen molar-refractivity contribution in [3.05, 3.63) is 59.7 Å². The van der Waals surface area contributed by atoms with Gasteiger partial charge in [-0.15, -0.1) is 0 Å². The van der Waals surface area contributed by atoms with E-state index in [1.807, 2.05) is 0 Å². The number of carbonyl (C=O) groups is 2. The summed E-state index contributed by atoms with van der Waals surface area (Å²) >= 11 is 0. The number of rotatable bonds is 5. The number of ether oxygens (including phenoxy) is 1. The molecular weight excluding hydrogens is 301 g/mol. The molecule has 0 radical (unpaired) electrons. The topological polar surface area (TPSA) is 80.3 Å². The fourth-order valence-electron chi connectivity index (χ4n) is 1.81. The van der Waals surface area contributed by atoms with Crippen LogP contribution in [0.2, 0.25) is 0 Å². The SMILES string of the molecule is CCOC(=O)c1ccc(NC(=O)NCc2ccnc(F)c2)cc1. The largest absolute Gasteiger partial charge is 0.462 e. The predicted octanol–water partition coefficient (Wildman–Crippen LogP) is 2.72. The number of amides is 2. The molecule has 1 heterocycles. The third-order valence-corrected chi connectivity index (χ3v) is 2.90. The van der Waals surface area contributed by atoms with Crippen LogP contribution in [-0.4, -0.2) is 23.6 Å². The number of aromatic nitrogens is 1. The van der Waals surface area contributed by atoms with Gasteiger partial charge >= 0.3 is 12.0 Å².